The zero-order chi connectivity index (χ0) is 18.4. The summed E-state index contributed by atoms with van der Waals surface area (Å²) in [6.07, 6.45) is 4.36. The van der Waals surface area contributed by atoms with Crippen molar-refractivity contribution >= 4 is 17.5 Å². The van der Waals surface area contributed by atoms with E-state index in [2.05, 4.69) is 30.6 Å². The lowest BCUT2D eigenvalue weighted by Gasteiger charge is -2.34. The molecule has 0 saturated carbocycles. The number of nitrogens with zero attached hydrogens (tertiary/aromatic N) is 5. The van der Waals surface area contributed by atoms with Gasteiger partial charge < -0.3 is 20.3 Å². The van der Waals surface area contributed by atoms with Crippen LogP contribution in [0.5, 0.6) is 0 Å². The molecule has 2 aromatic heterocycles. The first-order chi connectivity index (χ1) is 12.7. The number of aryl methyl sites for hydroxylation is 1. The summed E-state index contributed by atoms with van der Waals surface area (Å²) in [7, 11) is 1.65. The minimum absolute atomic E-state index is 0.0808. The summed E-state index contributed by atoms with van der Waals surface area (Å²) in [6.45, 7) is 5.68. The Balaban J connectivity index is 1.51. The number of hydrogen-bond acceptors (Lipinski definition) is 8. The summed E-state index contributed by atoms with van der Waals surface area (Å²) >= 11 is 0. The van der Waals surface area contributed by atoms with Crippen molar-refractivity contribution in [2.24, 2.45) is 7.05 Å². The second-order valence-electron chi connectivity index (χ2n) is 6.13. The molecule has 3 rings (SSSR count). The van der Waals surface area contributed by atoms with Crippen molar-refractivity contribution in [3.05, 3.63) is 34.9 Å². The number of hydrogen-bond donors (Lipinski definition) is 2. The van der Waals surface area contributed by atoms with Gasteiger partial charge in [-0.25, -0.2) is 9.67 Å². The Morgan fingerprint density at radius 3 is 3.08 bits per heavy atom. The Bertz CT molecular complexity index is 780. The molecule has 1 aliphatic rings. The average molecular weight is 359 g/mol. The fourth-order valence-corrected chi connectivity index (χ4v) is 2.83. The van der Waals surface area contributed by atoms with E-state index in [1.165, 1.54) is 4.68 Å². The molecule has 2 aromatic rings. The van der Waals surface area contributed by atoms with Gasteiger partial charge in [0.15, 0.2) is 0 Å². The molecule has 0 aromatic carbocycles. The van der Waals surface area contributed by atoms with Crippen LogP contribution in [0.3, 0.4) is 0 Å². The zero-order valence-corrected chi connectivity index (χ0v) is 15.2. The summed E-state index contributed by atoms with van der Waals surface area (Å²) in [6, 6.07) is 3.46. The molecule has 9 heteroatoms. The van der Waals surface area contributed by atoms with Crippen molar-refractivity contribution in [3.63, 3.8) is 0 Å². The molecule has 26 heavy (non-hydrogen) atoms. The maximum atomic E-state index is 11.8. The zero-order valence-electron chi connectivity index (χ0n) is 15.2. The summed E-state index contributed by atoms with van der Waals surface area (Å²) < 4.78 is 7.17. The van der Waals surface area contributed by atoms with Crippen molar-refractivity contribution in [1.29, 1.82) is 0 Å². The number of morpholine rings is 1. The molecule has 3 heterocycles. The summed E-state index contributed by atoms with van der Waals surface area (Å²) in [5.41, 5.74) is 0.737. The predicted molar refractivity (Wildman–Crippen MR) is 101 cm³/mol. The fraction of sp³-hybridized carbons (Fsp3) is 0.529. The predicted octanol–water partition coefficient (Wildman–Crippen LogP) is 0.710. The Kier molecular flexibility index (Phi) is 6.00. The van der Waals surface area contributed by atoms with Crippen molar-refractivity contribution in [1.82, 2.24) is 19.7 Å². The van der Waals surface area contributed by atoms with Gasteiger partial charge in [0.1, 0.15) is 5.82 Å². The largest absolute Gasteiger partial charge is 0.374 e. The van der Waals surface area contributed by atoms with Gasteiger partial charge in [0, 0.05) is 45.5 Å². The second-order valence-corrected chi connectivity index (χ2v) is 6.13. The van der Waals surface area contributed by atoms with Crippen LogP contribution in [0.25, 0.3) is 0 Å². The van der Waals surface area contributed by atoms with Gasteiger partial charge in [-0.15, -0.1) is 0 Å². The van der Waals surface area contributed by atoms with E-state index in [1.807, 2.05) is 13.0 Å². The van der Waals surface area contributed by atoms with Crippen LogP contribution in [-0.2, 0) is 11.8 Å². The monoisotopic (exact) mass is 359 g/mol. The molecular weight excluding hydrogens is 334 g/mol. The minimum Gasteiger partial charge on any atom is -0.374 e. The average Bonchev–Trinajstić information content (AvgIpc) is 2.65. The maximum absolute atomic E-state index is 11.8. The van der Waals surface area contributed by atoms with Gasteiger partial charge in [0.25, 0.3) is 5.56 Å². The molecular formula is C17H25N7O2. The van der Waals surface area contributed by atoms with Gasteiger partial charge in [-0.05, 0) is 19.4 Å². The van der Waals surface area contributed by atoms with Crippen LogP contribution in [0.1, 0.15) is 13.3 Å². The number of rotatable bonds is 7. The first kappa shape index (κ1) is 18.1. The molecule has 1 aliphatic heterocycles. The van der Waals surface area contributed by atoms with E-state index in [9.17, 15) is 4.79 Å². The van der Waals surface area contributed by atoms with Gasteiger partial charge in [-0.2, -0.15) is 10.1 Å². The van der Waals surface area contributed by atoms with Crippen LogP contribution in [0, 0.1) is 0 Å². The Morgan fingerprint density at radius 2 is 2.27 bits per heavy atom. The third-order valence-electron chi connectivity index (χ3n) is 4.22. The van der Waals surface area contributed by atoms with Crippen molar-refractivity contribution in [2.75, 3.05) is 48.3 Å². The molecule has 0 bridgehead atoms. The SMILES string of the molecule is CCNc1ccnc(NCC[C@H]2CN(c3cnn(C)c(=O)c3)CCO2)n1. The number of ether oxygens (including phenoxy) is 1. The first-order valence-electron chi connectivity index (χ1n) is 8.86. The highest BCUT2D eigenvalue weighted by molar-refractivity contribution is 5.43. The summed E-state index contributed by atoms with van der Waals surface area (Å²) in [5.74, 6) is 1.41. The molecule has 1 fully saturated rings. The van der Waals surface area contributed by atoms with Crippen LogP contribution in [0.2, 0.25) is 0 Å². The van der Waals surface area contributed by atoms with Crippen LogP contribution in [0.15, 0.2) is 29.3 Å². The van der Waals surface area contributed by atoms with Crippen molar-refractivity contribution < 1.29 is 4.74 Å². The molecule has 2 N–H and O–H groups in total. The van der Waals surface area contributed by atoms with Crippen LogP contribution < -0.4 is 21.1 Å². The molecule has 0 amide bonds. The minimum atomic E-state index is -0.107. The maximum Gasteiger partial charge on any atom is 0.268 e. The van der Waals surface area contributed by atoms with E-state index in [0.29, 0.717) is 19.1 Å². The van der Waals surface area contributed by atoms with E-state index >= 15 is 0 Å². The molecule has 140 valence electrons. The van der Waals surface area contributed by atoms with Crippen LogP contribution in [-0.4, -0.2) is 58.6 Å². The highest BCUT2D eigenvalue weighted by Crippen LogP contribution is 2.16. The lowest BCUT2D eigenvalue weighted by atomic mass is 10.2. The lowest BCUT2D eigenvalue weighted by Crippen LogP contribution is -2.43. The third-order valence-corrected chi connectivity index (χ3v) is 4.22. The quantitative estimate of drug-likeness (QED) is 0.746. The van der Waals surface area contributed by atoms with E-state index in [0.717, 1.165) is 37.6 Å². The second kappa shape index (κ2) is 8.61. The van der Waals surface area contributed by atoms with Gasteiger partial charge >= 0.3 is 0 Å². The van der Waals surface area contributed by atoms with E-state index < -0.39 is 0 Å². The molecule has 1 saturated heterocycles. The summed E-state index contributed by atoms with van der Waals surface area (Å²) in [5, 5.41) is 10.5. The molecule has 9 nitrogen and oxygen atoms in total. The van der Waals surface area contributed by atoms with Crippen molar-refractivity contribution in [3.8, 4) is 0 Å². The number of nitrogens with one attached hydrogen (secondary N) is 2. The van der Waals surface area contributed by atoms with Crippen LogP contribution >= 0.6 is 0 Å². The molecule has 0 aliphatic carbocycles. The van der Waals surface area contributed by atoms with Gasteiger partial charge in [-0.3, -0.25) is 4.79 Å². The number of aromatic nitrogens is 4. The van der Waals surface area contributed by atoms with E-state index in [4.69, 9.17) is 4.74 Å². The molecule has 0 unspecified atom stereocenters. The number of anilines is 3. The molecule has 0 radical (unpaired) electrons. The highest BCUT2D eigenvalue weighted by Gasteiger charge is 2.21. The normalized spacial score (nSPS) is 17.2. The van der Waals surface area contributed by atoms with Crippen molar-refractivity contribution in [2.45, 2.75) is 19.4 Å². The van der Waals surface area contributed by atoms with Gasteiger partial charge in [0.05, 0.1) is 24.6 Å². The van der Waals surface area contributed by atoms with Gasteiger partial charge in [0.2, 0.25) is 5.95 Å². The van der Waals surface area contributed by atoms with Crippen LogP contribution in [0.4, 0.5) is 17.5 Å². The van der Waals surface area contributed by atoms with Gasteiger partial charge in [-0.1, -0.05) is 0 Å². The van der Waals surface area contributed by atoms with E-state index in [1.54, 1.807) is 25.5 Å². The lowest BCUT2D eigenvalue weighted by molar-refractivity contribution is 0.0374. The fourth-order valence-electron chi connectivity index (χ4n) is 2.83. The standard InChI is InChI=1S/C17H25N7O2/c1-3-18-15-5-7-20-17(22-15)19-6-4-14-12-24(8-9-26-14)13-10-16(25)23(2)21-11-13/h5,7,10-11,14H,3-4,6,8-9,12H2,1-2H3,(H2,18,19,20,22)/t14-/m0/s1. The molecule has 1 atom stereocenters. The summed E-state index contributed by atoms with van der Waals surface area (Å²) in [4.78, 5) is 22.5. The topological polar surface area (TPSA) is 97.2 Å². The Morgan fingerprint density at radius 1 is 1.38 bits per heavy atom. The smallest absolute Gasteiger partial charge is 0.268 e. The highest BCUT2D eigenvalue weighted by atomic mass is 16.5. The molecule has 0 spiro atoms. The Labute approximate surface area is 152 Å². The first-order valence-corrected chi connectivity index (χ1v) is 8.86. The van der Waals surface area contributed by atoms with E-state index in [-0.39, 0.29) is 11.7 Å². The third kappa shape index (κ3) is 4.69. The Hall–Kier alpha value is -2.68.